The highest BCUT2D eigenvalue weighted by Gasteiger charge is 2.01. The summed E-state index contributed by atoms with van der Waals surface area (Å²) in [5, 5.41) is 4.45. The molecule has 0 heterocycles. The van der Waals surface area contributed by atoms with Crippen LogP contribution in [0.5, 0.6) is 0 Å². The molecule has 2 nitrogen and oxygen atoms in total. The highest BCUT2D eigenvalue weighted by Crippen LogP contribution is 2.22. The molecule has 0 aromatic heterocycles. The van der Waals surface area contributed by atoms with Gasteiger partial charge in [0.05, 0.1) is 16.1 Å². The lowest BCUT2D eigenvalue weighted by Crippen LogP contribution is -2.25. The van der Waals surface area contributed by atoms with E-state index in [9.17, 15) is 0 Å². The highest BCUT2D eigenvalue weighted by molar-refractivity contribution is 6.42. The van der Waals surface area contributed by atoms with Gasteiger partial charge in [-0.15, -0.1) is 0 Å². The Morgan fingerprint density at radius 3 is 2.67 bits per heavy atom. The van der Waals surface area contributed by atoms with Gasteiger partial charge < -0.3 is 10.1 Å². The lowest BCUT2D eigenvalue weighted by molar-refractivity contribution is 0.117. The number of methoxy groups -OCH3 is 1. The second-order valence-electron chi connectivity index (χ2n) is 3.43. The Labute approximate surface area is 101 Å². The molecule has 0 amide bonds. The van der Waals surface area contributed by atoms with E-state index in [2.05, 4.69) is 5.32 Å². The summed E-state index contributed by atoms with van der Waals surface area (Å²) < 4.78 is 5.12. The lowest BCUT2D eigenvalue weighted by atomic mass is 10.2. The fraction of sp³-hybridized carbons (Fsp3) is 0.455. The van der Waals surface area contributed by atoms with Crippen molar-refractivity contribution in [3.8, 4) is 0 Å². The van der Waals surface area contributed by atoms with Gasteiger partial charge in [-0.2, -0.15) is 0 Å². The van der Waals surface area contributed by atoms with Crippen LogP contribution in [0.25, 0.3) is 0 Å². The Kier molecular flexibility index (Phi) is 5.40. The molecule has 1 N–H and O–H groups in total. The molecule has 0 aliphatic carbocycles. The standard InChI is InChI=1S/C11H15Cl2NO/c1-8(15-2)6-14-7-9-3-4-10(12)11(13)5-9/h3-5,8,14H,6-7H2,1-2H3. The number of halogens is 2. The maximum absolute atomic E-state index is 5.90. The minimum absolute atomic E-state index is 0.216. The minimum Gasteiger partial charge on any atom is -0.380 e. The van der Waals surface area contributed by atoms with Crippen LogP contribution in [0.15, 0.2) is 18.2 Å². The summed E-state index contributed by atoms with van der Waals surface area (Å²) in [5.41, 5.74) is 1.12. The van der Waals surface area contributed by atoms with Gasteiger partial charge in [-0.05, 0) is 24.6 Å². The first kappa shape index (κ1) is 12.8. The third-order valence-electron chi connectivity index (χ3n) is 2.15. The molecule has 1 unspecified atom stereocenters. The molecule has 0 fully saturated rings. The van der Waals surface area contributed by atoms with Crippen molar-refractivity contribution < 1.29 is 4.74 Å². The largest absolute Gasteiger partial charge is 0.380 e. The van der Waals surface area contributed by atoms with Crippen LogP contribution in [-0.4, -0.2) is 19.8 Å². The van der Waals surface area contributed by atoms with Crippen LogP contribution in [-0.2, 0) is 11.3 Å². The molecule has 1 aromatic carbocycles. The number of benzene rings is 1. The van der Waals surface area contributed by atoms with Gasteiger partial charge in [0.1, 0.15) is 0 Å². The van der Waals surface area contributed by atoms with Crippen molar-refractivity contribution in [2.24, 2.45) is 0 Å². The summed E-state index contributed by atoms with van der Waals surface area (Å²) >= 11 is 11.7. The van der Waals surface area contributed by atoms with Gasteiger partial charge in [0.2, 0.25) is 0 Å². The Bertz CT molecular complexity index is 317. The Balaban J connectivity index is 2.41. The van der Waals surface area contributed by atoms with Gasteiger partial charge in [0.15, 0.2) is 0 Å². The number of nitrogens with one attached hydrogen (secondary N) is 1. The van der Waals surface area contributed by atoms with E-state index in [0.29, 0.717) is 10.0 Å². The maximum atomic E-state index is 5.90. The summed E-state index contributed by atoms with van der Waals surface area (Å²) in [6.45, 7) is 3.60. The zero-order valence-electron chi connectivity index (χ0n) is 8.89. The van der Waals surface area contributed by atoms with Crippen molar-refractivity contribution in [2.75, 3.05) is 13.7 Å². The van der Waals surface area contributed by atoms with Crippen LogP contribution in [0.3, 0.4) is 0 Å². The molecule has 4 heteroatoms. The number of hydrogen-bond donors (Lipinski definition) is 1. The van der Waals surface area contributed by atoms with Crippen LogP contribution >= 0.6 is 23.2 Å². The second-order valence-corrected chi connectivity index (χ2v) is 4.24. The van der Waals surface area contributed by atoms with Gasteiger partial charge >= 0.3 is 0 Å². The van der Waals surface area contributed by atoms with Crippen LogP contribution in [0.4, 0.5) is 0 Å². The third-order valence-corrected chi connectivity index (χ3v) is 2.89. The average molecular weight is 248 g/mol. The van der Waals surface area contributed by atoms with Gasteiger partial charge in [-0.25, -0.2) is 0 Å². The maximum Gasteiger partial charge on any atom is 0.0667 e. The molecule has 0 radical (unpaired) electrons. The van der Waals surface area contributed by atoms with E-state index < -0.39 is 0 Å². The second kappa shape index (κ2) is 6.33. The summed E-state index contributed by atoms with van der Waals surface area (Å²) in [6.07, 6.45) is 0.216. The fourth-order valence-corrected chi connectivity index (χ4v) is 1.47. The molecule has 0 saturated carbocycles. The zero-order chi connectivity index (χ0) is 11.3. The topological polar surface area (TPSA) is 21.3 Å². The van der Waals surface area contributed by atoms with Crippen molar-refractivity contribution in [3.63, 3.8) is 0 Å². The van der Waals surface area contributed by atoms with Crippen molar-refractivity contribution in [2.45, 2.75) is 19.6 Å². The predicted molar refractivity (Wildman–Crippen MR) is 64.6 cm³/mol. The molecular weight excluding hydrogens is 233 g/mol. The molecule has 0 saturated heterocycles. The smallest absolute Gasteiger partial charge is 0.0667 e. The van der Waals surface area contributed by atoms with E-state index in [1.165, 1.54) is 0 Å². The molecule has 15 heavy (non-hydrogen) atoms. The van der Waals surface area contributed by atoms with E-state index in [4.69, 9.17) is 27.9 Å². The Morgan fingerprint density at radius 1 is 1.33 bits per heavy atom. The fourth-order valence-electron chi connectivity index (χ4n) is 1.15. The van der Waals surface area contributed by atoms with Crippen molar-refractivity contribution in [1.82, 2.24) is 5.32 Å². The summed E-state index contributed by atoms with van der Waals surface area (Å²) in [4.78, 5) is 0. The highest BCUT2D eigenvalue weighted by atomic mass is 35.5. The lowest BCUT2D eigenvalue weighted by Gasteiger charge is -2.10. The van der Waals surface area contributed by atoms with Crippen LogP contribution < -0.4 is 5.32 Å². The number of rotatable bonds is 5. The van der Waals surface area contributed by atoms with E-state index in [1.54, 1.807) is 13.2 Å². The van der Waals surface area contributed by atoms with Gasteiger partial charge in [-0.3, -0.25) is 0 Å². The average Bonchev–Trinajstić information content (AvgIpc) is 2.23. The monoisotopic (exact) mass is 247 g/mol. The van der Waals surface area contributed by atoms with Crippen molar-refractivity contribution >= 4 is 23.2 Å². The molecule has 84 valence electrons. The van der Waals surface area contributed by atoms with Gasteiger partial charge in [0, 0.05) is 20.2 Å². The third kappa shape index (κ3) is 4.39. The van der Waals surface area contributed by atoms with Crippen LogP contribution in [0.1, 0.15) is 12.5 Å². The summed E-state index contributed by atoms with van der Waals surface area (Å²) in [7, 11) is 1.70. The quantitative estimate of drug-likeness (QED) is 0.864. The van der Waals surface area contributed by atoms with Gasteiger partial charge in [0.25, 0.3) is 0 Å². The molecular formula is C11H15Cl2NO. The van der Waals surface area contributed by atoms with E-state index in [0.717, 1.165) is 18.7 Å². The molecule has 1 atom stereocenters. The Morgan fingerprint density at radius 2 is 2.07 bits per heavy atom. The van der Waals surface area contributed by atoms with Crippen LogP contribution in [0, 0.1) is 0 Å². The Hall–Kier alpha value is -0.280. The van der Waals surface area contributed by atoms with E-state index >= 15 is 0 Å². The number of hydrogen-bond acceptors (Lipinski definition) is 2. The zero-order valence-corrected chi connectivity index (χ0v) is 10.4. The van der Waals surface area contributed by atoms with Crippen molar-refractivity contribution in [3.05, 3.63) is 33.8 Å². The minimum atomic E-state index is 0.216. The predicted octanol–water partition coefficient (Wildman–Crippen LogP) is 3.12. The number of ether oxygens (including phenoxy) is 1. The van der Waals surface area contributed by atoms with Crippen molar-refractivity contribution in [1.29, 1.82) is 0 Å². The van der Waals surface area contributed by atoms with E-state index in [-0.39, 0.29) is 6.10 Å². The molecule has 1 rings (SSSR count). The molecule has 0 spiro atoms. The summed E-state index contributed by atoms with van der Waals surface area (Å²) in [6, 6.07) is 5.63. The van der Waals surface area contributed by atoms with Crippen LogP contribution in [0.2, 0.25) is 10.0 Å². The molecule has 0 bridgehead atoms. The molecule has 1 aromatic rings. The van der Waals surface area contributed by atoms with Gasteiger partial charge in [-0.1, -0.05) is 29.3 Å². The van der Waals surface area contributed by atoms with E-state index in [1.807, 2.05) is 19.1 Å². The first-order valence-corrected chi connectivity index (χ1v) is 5.56. The molecule has 0 aliphatic heterocycles. The molecule has 0 aliphatic rings. The first-order chi connectivity index (χ1) is 7.13. The normalized spacial score (nSPS) is 12.8. The summed E-state index contributed by atoms with van der Waals surface area (Å²) in [5.74, 6) is 0. The SMILES string of the molecule is COC(C)CNCc1ccc(Cl)c(Cl)c1. The first-order valence-electron chi connectivity index (χ1n) is 4.81.